The second kappa shape index (κ2) is 6.00. The Balaban J connectivity index is 2.43. The van der Waals surface area contributed by atoms with Gasteiger partial charge in [0.15, 0.2) is 5.03 Å². The highest BCUT2D eigenvalue weighted by Gasteiger charge is 2.18. The number of nitrogens with two attached hydrogens (primary N) is 1. The summed E-state index contributed by atoms with van der Waals surface area (Å²) in [6.07, 6.45) is 0. The van der Waals surface area contributed by atoms with Gasteiger partial charge in [0.25, 0.3) is 0 Å². The predicted molar refractivity (Wildman–Crippen MR) is 77.0 cm³/mol. The predicted octanol–water partition coefficient (Wildman–Crippen LogP) is 3.19. The van der Waals surface area contributed by atoms with Crippen LogP contribution in [0.15, 0.2) is 50.8 Å². The summed E-state index contributed by atoms with van der Waals surface area (Å²) in [5.41, 5.74) is 2.32. The van der Waals surface area contributed by atoms with Crippen molar-refractivity contribution in [1.82, 2.24) is 4.98 Å². The number of nitrogen functional groups attached to an aromatic ring is 1. The third kappa shape index (κ3) is 3.22. The van der Waals surface area contributed by atoms with Gasteiger partial charge in [-0.05, 0) is 34.1 Å². The van der Waals surface area contributed by atoms with Gasteiger partial charge in [0, 0.05) is 15.4 Å². The lowest BCUT2D eigenvalue weighted by Gasteiger charge is -2.06. The summed E-state index contributed by atoms with van der Waals surface area (Å²) >= 11 is 4.60. The number of benzene rings is 1. The number of hydrogen-bond donors (Lipinski definition) is 2. The highest BCUT2D eigenvalue weighted by Crippen LogP contribution is 2.37. The lowest BCUT2D eigenvalue weighted by molar-refractivity contribution is -0.388. The molecule has 6 nitrogen and oxygen atoms in total. The average Bonchev–Trinajstić information content (AvgIpc) is 2.41. The standard InChI is InChI=1S/C11H9BrN4O2S/c12-7-3-1-2-4-9(7)19-11-8(16(17)18)5-6-10(14-11)15-13/h1-6H,13H2,(H,14,15). The zero-order valence-electron chi connectivity index (χ0n) is 9.54. The van der Waals surface area contributed by atoms with Gasteiger partial charge < -0.3 is 5.43 Å². The second-order valence-electron chi connectivity index (χ2n) is 3.45. The fourth-order valence-corrected chi connectivity index (χ4v) is 2.80. The number of aromatic nitrogens is 1. The Bertz CT molecular complexity index is 623. The maximum absolute atomic E-state index is 11.0. The van der Waals surface area contributed by atoms with Crippen molar-refractivity contribution in [2.24, 2.45) is 5.84 Å². The van der Waals surface area contributed by atoms with Gasteiger partial charge in [-0.15, -0.1) is 0 Å². The van der Waals surface area contributed by atoms with Crippen LogP contribution in [0.25, 0.3) is 0 Å². The summed E-state index contributed by atoms with van der Waals surface area (Å²) in [5, 5.41) is 11.3. The zero-order valence-corrected chi connectivity index (χ0v) is 11.9. The first-order chi connectivity index (χ1) is 9.11. The van der Waals surface area contributed by atoms with Crippen LogP contribution in [0.3, 0.4) is 0 Å². The van der Waals surface area contributed by atoms with Crippen molar-refractivity contribution in [2.45, 2.75) is 9.92 Å². The van der Waals surface area contributed by atoms with Crippen molar-refractivity contribution >= 4 is 39.2 Å². The van der Waals surface area contributed by atoms with Crippen molar-refractivity contribution in [3.05, 3.63) is 51.0 Å². The molecular formula is C11H9BrN4O2S. The maximum Gasteiger partial charge on any atom is 0.301 e. The minimum Gasteiger partial charge on any atom is -0.308 e. The fraction of sp³-hybridized carbons (Fsp3) is 0. The second-order valence-corrected chi connectivity index (χ2v) is 5.34. The summed E-state index contributed by atoms with van der Waals surface area (Å²) in [7, 11) is 0. The van der Waals surface area contributed by atoms with E-state index in [0.717, 1.165) is 9.37 Å². The molecule has 0 aliphatic rings. The third-order valence-electron chi connectivity index (χ3n) is 2.23. The number of nitrogens with zero attached hydrogens (tertiary/aromatic N) is 2. The summed E-state index contributed by atoms with van der Waals surface area (Å²) < 4.78 is 0.849. The Morgan fingerprint density at radius 3 is 2.68 bits per heavy atom. The molecule has 2 rings (SSSR count). The molecule has 0 saturated carbocycles. The average molecular weight is 341 g/mol. The molecule has 3 N–H and O–H groups in total. The van der Waals surface area contributed by atoms with E-state index in [4.69, 9.17) is 5.84 Å². The highest BCUT2D eigenvalue weighted by molar-refractivity contribution is 9.10. The number of anilines is 1. The molecule has 0 fully saturated rings. The van der Waals surface area contributed by atoms with Gasteiger partial charge in [-0.25, -0.2) is 10.8 Å². The number of rotatable bonds is 4. The molecular weight excluding hydrogens is 332 g/mol. The van der Waals surface area contributed by atoms with Gasteiger partial charge in [0.05, 0.1) is 4.92 Å². The molecule has 0 aliphatic carbocycles. The fourth-order valence-electron chi connectivity index (χ4n) is 1.36. The van der Waals surface area contributed by atoms with Gasteiger partial charge in [0.1, 0.15) is 5.82 Å². The van der Waals surface area contributed by atoms with Crippen molar-refractivity contribution in [1.29, 1.82) is 0 Å². The van der Waals surface area contributed by atoms with Crippen LogP contribution in [-0.4, -0.2) is 9.91 Å². The minimum atomic E-state index is -0.466. The molecule has 1 heterocycles. The van der Waals surface area contributed by atoms with E-state index in [2.05, 4.69) is 26.3 Å². The molecule has 0 radical (unpaired) electrons. The van der Waals surface area contributed by atoms with Crippen molar-refractivity contribution < 1.29 is 4.92 Å². The van der Waals surface area contributed by atoms with Crippen molar-refractivity contribution in [3.63, 3.8) is 0 Å². The quantitative estimate of drug-likeness (QED) is 0.504. The van der Waals surface area contributed by atoms with Crippen LogP contribution in [-0.2, 0) is 0 Å². The van der Waals surface area contributed by atoms with E-state index in [1.54, 1.807) is 0 Å². The smallest absolute Gasteiger partial charge is 0.301 e. The maximum atomic E-state index is 11.0. The molecule has 1 aromatic heterocycles. The molecule has 19 heavy (non-hydrogen) atoms. The van der Waals surface area contributed by atoms with Gasteiger partial charge in [0.2, 0.25) is 0 Å². The number of pyridine rings is 1. The Hall–Kier alpha value is -1.64. The summed E-state index contributed by atoms with van der Waals surface area (Å²) in [6.45, 7) is 0. The molecule has 0 aliphatic heterocycles. The summed E-state index contributed by atoms with van der Waals surface area (Å²) in [6, 6.07) is 10.3. The number of nitrogens with one attached hydrogen (secondary N) is 1. The van der Waals surface area contributed by atoms with E-state index < -0.39 is 4.92 Å². The van der Waals surface area contributed by atoms with Gasteiger partial charge in [-0.3, -0.25) is 10.1 Å². The molecule has 0 atom stereocenters. The van der Waals surface area contributed by atoms with Gasteiger partial charge in [-0.1, -0.05) is 23.9 Å². The highest BCUT2D eigenvalue weighted by atomic mass is 79.9. The Labute approximate surface area is 121 Å². The molecule has 2 aromatic rings. The van der Waals surface area contributed by atoms with Crippen LogP contribution in [0.1, 0.15) is 0 Å². The number of hydrogen-bond acceptors (Lipinski definition) is 6. The molecule has 0 amide bonds. The Kier molecular flexibility index (Phi) is 4.35. The first kappa shape index (κ1) is 13.8. The first-order valence-corrected chi connectivity index (χ1v) is 6.77. The molecule has 8 heteroatoms. The zero-order chi connectivity index (χ0) is 13.8. The number of hydrazine groups is 1. The van der Waals surface area contributed by atoms with Crippen LogP contribution in [0, 0.1) is 10.1 Å². The Morgan fingerprint density at radius 1 is 1.32 bits per heavy atom. The minimum absolute atomic E-state index is 0.0558. The van der Waals surface area contributed by atoms with Crippen LogP contribution in [0.5, 0.6) is 0 Å². The summed E-state index contributed by atoms with van der Waals surface area (Å²) in [4.78, 5) is 15.5. The topological polar surface area (TPSA) is 94.1 Å². The largest absolute Gasteiger partial charge is 0.308 e. The first-order valence-electron chi connectivity index (χ1n) is 5.16. The van der Waals surface area contributed by atoms with Crippen LogP contribution in [0.4, 0.5) is 11.5 Å². The van der Waals surface area contributed by atoms with E-state index >= 15 is 0 Å². The molecule has 0 bridgehead atoms. The number of halogens is 1. The van der Waals surface area contributed by atoms with E-state index in [1.807, 2.05) is 24.3 Å². The van der Waals surface area contributed by atoms with Crippen molar-refractivity contribution in [2.75, 3.05) is 5.43 Å². The normalized spacial score (nSPS) is 10.2. The SMILES string of the molecule is NNc1ccc([N+](=O)[O-])c(Sc2ccccc2Br)n1. The third-order valence-corrected chi connectivity index (χ3v) is 4.25. The monoisotopic (exact) mass is 340 g/mol. The van der Waals surface area contributed by atoms with E-state index in [1.165, 1.54) is 23.9 Å². The number of nitro groups is 1. The summed E-state index contributed by atoms with van der Waals surface area (Å²) in [5.74, 6) is 5.64. The van der Waals surface area contributed by atoms with Crippen LogP contribution < -0.4 is 11.3 Å². The molecule has 1 aromatic carbocycles. The lowest BCUT2D eigenvalue weighted by Crippen LogP contribution is -2.09. The van der Waals surface area contributed by atoms with Crippen LogP contribution in [0.2, 0.25) is 0 Å². The Morgan fingerprint density at radius 2 is 2.05 bits per heavy atom. The molecule has 0 saturated heterocycles. The van der Waals surface area contributed by atoms with E-state index in [-0.39, 0.29) is 10.7 Å². The van der Waals surface area contributed by atoms with E-state index in [0.29, 0.717) is 5.82 Å². The lowest BCUT2D eigenvalue weighted by atomic mass is 10.4. The molecule has 0 spiro atoms. The molecule has 98 valence electrons. The van der Waals surface area contributed by atoms with Crippen molar-refractivity contribution in [3.8, 4) is 0 Å². The van der Waals surface area contributed by atoms with Gasteiger partial charge in [-0.2, -0.15) is 0 Å². The van der Waals surface area contributed by atoms with Gasteiger partial charge >= 0.3 is 5.69 Å². The molecule has 0 unspecified atom stereocenters. The van der Waals surface area contributed by atoms with Crippen LogP contribution >= 0.6 is 27.7 Å². The van der Waals surface area contributed by atoms with E-state index in [9.17, 15) is 10.1 Å².